The number of methoxy groups -OCH3 is 1. The highest BCUT2D eigenvalue weighted by atomic mass is 33.1. The normalized spacial score (nSPS) is 10.4. The summed E-state index contributed by atoms with van der Waals surface area (Å²) >= 11 is 1.40. The van der Waals surface area contributed by atoms with Crippen molar-refractivity contribution in [3.05, 3.63) is 35.3 Å². The Hall–Kier alpha value is -1.71. The molecule has 0 fully saturated rings. The number of hydrogen-bond acceptors (Lipinski definition) is 7. The fourth-order valence-electron chi connectivity index (χ4n) is 1.87. The number of ether oxygens (including phenoxy) is 1. The van der Waals surface area contributed by atoms with Gasteiger partial charge in [-0.15, -0.1) is 11.3 Å². The number of carbonyl (C=O) groups is 2. The highest BCUT2D eigenvalue weighted by molar-refractivity contribution is 8.76. The maximum Gasteiger partial charge on any atom is 0.304 e. The van der Waals surface area contributed by atoms with Crippen molar-refractivity contribution in [2.75, 3.05) is 25.2 Å². The van der Waals surface area contributed by atoms with Crippen LogP contribution in [0.4, 0.5) is 0 Å². The number of rotatable bonds is 10. The van der Waals surface area contributed by atoms with Crippen LogP contribution in [0.2, 0.25) is 0 Å². The van der Waals surface area contributed by atoms with Crippen LogP contribution in [0.3, 0.4) is 0 Å². The lowest BCUT2D eigenvalue weighted by molar-refractivity contribution is -0.136. The number of nitrogens with zero attached hydrogens (tertiary/aromatic N) is 1. The number of amides is 1. The molecule has 6 nitrogen and oxygen atoms in total. The third kappa shape index (κ3) is 6.26. The standard InChI is InChI=1S/C16H18N2O4S3/c1-22-13-5-3-2-4-11(13)16-18-12(10-23-16)15(21)17-7-9-25-24-8-6-14(19)20/h2-5,10H,6-9H2,1H3,(H,17,21)(H,19,20). The Morgan fingerprint density at radius 3 is 2.80 bits per heavy atom. The molecule has 2 aromatic rings. The Morgan fingerprint density at radius 1 is 1.28 bits per heavy atom. The van der Waals surface area contributed by atoms with Crippen molar-refractivity contribution >= 4 is 44.8 Å². The van der Waals surface area contributed by atoms with Gasteiger partial charge >= 0.3 is 5.97 Å². The molecule has 1 aromatic carbocycles. The van der Waals surface area contributed by atoms with Gasteiger partial charge in [-0.2, -0.15) is 0 Å². The van der Waals surface area contributed by atoms with E-state index in [2.05, 4.69) is 10.3 Å². The molecule has 0 aliphatic heterocycles. The SMILES string of the molecule is COc1ccccc1-c1nc(C(=O)NCCSSCCC(=O)O)cs1. The van der Waals surface area contributed by atoms with Crippen LogP contribution in [0, 0.1) is 0 Å². The van der Waals surface area contributed by atoms with Crippen molar-refractivity contribution in [1.82, 2.24) is 10.3 Å². The van der Waals surface area contributed by atoms with Crippen LogP contribution >= 0.6 is 32.9 Å². The van der Waals surface area contributed by atoms with Gasteiger partial charge in [-0.3, -0.25) is 9.59 Å². The molecule has 0 spiro atoms. The van der Waals surface area contributed by atoms with Crippen LogP contribution < -0.4 is 10.1 Å². The number of nitrogens with one attached hydrogen (secondary N) is 1. The first-order valence-corrected chi connectivity index (χ1v) is 10.8. The minimum atomic E-state index is -0.796. The van der Waals surface area contributed by atoms with Gasteiger partial charge in [0.05, 0.1) is 19.1 Å². The quantitative estimate of drug-likeness (QED) is 0.468. The average Bonchev–Trinajstić information content (AvgIpc) is 3.10. The lowest BCUT2D eigenvalue weighted by Gasteiger charge is -2.05. The minimum absolute atomic E-state index is 0.147. The molecule has 0 aliphatic carbocycles. The lowest BCUT2D eigenvalue weighted by Crippen LogP contribution is -2.25. The van der Waals surface area contributed by atoms with Crippen LogP contribution in [0.5, 0.6) is 5.75 Å². The van der Waals surface area contributed by atoms with Crippen LogP contribution in [0.1, 0.15) is 16.9 Å². The Bertz CT molecular complexity index is 721. The van der Waals surface area contributed by atoms with Crippen molar-refractivity contribution in [3.63, 3.8) is 0 Å². The number of carbonyl (C=O) groups excluding carboxylic acids is 1. The molecule has 1 aromatic heterocycles. The van der Waals surface area contributed by atoms with Crippen LogP contribution in [-0.4, -0.2) is 47.1 Å². The van der Waals surface area contributed by atoms with Gasteiger partial charge in [0.25, 0.3) is 5.91 Å². The number of carboxylic acids is 1. The third-order valence-corrected chi connectivity index (χ3v) is 6.31. The third-order valence-electron chi connectivity index (χ3n) is 3.03. The molecule has 0 atom stereocenters. The molecule has 9 heteroatoms. The van der Waals surface area contributed by atoms with Gasteiger partial charge in [0.15, 0.2) is 0 Å². The zero-order valence-electron chi connectivity index (χ0n) is 13.6. The molecule has 25 heavy (non-hydrogen) atoms. The molecule has 134 valence electrons. The topological polar surface area (TPSA) is 88.5 Å². The van der Waals surface area contributed by atoms with Gasteiger partial charge in [-0.25, -0.2) is 4.98 Å². The number of carboxylic acid groups (broad SMARTS) is 1. The molecule has 2 rings (SSSR count). The maximum absolute atomic E-state index is 12.1. The number of thiazole rings is 1. The zero-order chi connectivity index (χ0) is 18.1. The van der Waals surface area contributed by atoms with E-state index >= 15 is 0 Å². The van der Waals surface area contributed by atoms with Gasteiger partial charge in [0.1, 0.15) is 16.5 Å². The van der Waals surface area contributed by atoms with E-state index in [1.54, 1.807) is 23.3 Å². The average molecular weight is 399 g/mol. The van der Waals surface area contributed by atoms with Crippen molar-refractivity contribution in [3.8, 4) is 16.3 Å². The van der Waals surface area contributed by atoms with Crippen LogP contribution in [-0.2, 0) is 4.79 Å². The van der Waals surface area contributed by atoms with Crippen molar-refractivity contribution in [2.45, 2.75) is 6.42 Å². The van der Waals surface area contributed by atoms with Gasteiger partial charge in [-0.1, -0.05) is 33.7 Å². The fourth-order valence-corrected chi connectivity index (χ4v) is 4.58. The van der Waals surface area contributed by atoms with E-state index in [1.165, 1.54) is 22.1 Å². The molecule has 1 heterocycles. The summed E-state index contributed by atoms with van der Waals surface area (Å²) in [5, 5.41) is 13.8. The molecule has 0 radical (unpaired) electrons. The van der Waals surface area contributed by atoms with Crippen molar-refractivity contribution < 1.29 is 19.4 Å². The molecule has 0 bridgehead atoms. The molecule has 2 N–H and O–H groups in total. The second-order valence-corrected chi connectivity index (χ2v) is 8.34. The van der Waals surface area contributed by atoms with Gasteiger partial charge in [-0.05, 0) is 12.1 Å². The largest absolute Gasteiger partial charge is 0.496 e. The van der Waals surface area contributed by atoms with E-state index < -0.39 is 5.97 Å². The summed E-state index contributed by atoms with van der Waals surface area (Å²) in [5.41, 5.74) is 1.24. The highest BCUT2D eigenvalue weighted by Crippen LogP contribution is 2.31. The molecule has 0 unspecified atom stereocenters. The van der Waals surface area contributed by atoms with Crippen molar-refractivity contribution in [1.29, 1.82) is 0 Å². The summed E-state index contributed by atoms with van der Waals surface area (Å²) in [6.45, 7) is 0.505. The lowest BCUT2D eigenvalue weighted by atomic mass is 10.2. The fraction of sp³-hybridized carbons (Fsp3) is 0.312. The van der Waals surface area contributed by atoms with Gasteiger partial charge < -0.3 is 15.2 Å². The smallest absolute Gasteiger partial charge is 0.304 e. The van der Waals surface area contributed by atoms with E-state index in [-0.39, 0.29) is 12.3 Å². The first-order valence-electron chi connectivity index (χ1n) is 7.45. The highest BCUT2D eigenvalue weighted by Gasteiger charge is 2.13. The summed E-state index contributed by atoms with van der Waals surface area (Å²) < 4.78 is 5.32. The number of hydrogen-bond donors (Lipinski definition) is 2. The zero-order valence-corrected chi connectivity index (χ0v) is 16.0. The summed E-state index contributed by atoms with van der Waals surface area (Å²) in [6.07, 6.45) is 0.147. The van der Waals surface area contributed by atoms with E-state index in [1.807, 2.05) is 24.3 Å². The minimum Gasteiger partial charge on any atom is -0.496 e. The number of aliphatic carboxylic acids is 1. The predicted molar refractivity (Wildman–Crippen MR) is 104 cm³/mol. The number of aromatic nitrogens is 1. The first-order chi connectivity index (χ1) is 12.1. The Kier molecular flexibility index (Phi) is 8.10. The molecular formula is C16H18N2O4S3. The van der Waals surface area contributed by atoms with Crippen LogP contribution in [0.15, 0.2) is 29.6 Å². The molecule has 1 amide bonds. The summed E-state index contributed by atoms with van der Waals surface area (Å²) in [4.78, 5) is 26.9. The predicted octanol–water partition coefficient (Wildman–Crippen LogP) is 3.40. The Morgan fingerprint density at radius 2 is 2.04 bits per heavy atom. The van der Waals surface area contributed by atoms with E-state index in [0.717, 1.165) is 16.3 Å². The summed E-state index contributed by atoms with van der Waals surface area (Å²) in [7, 11) is 4.64. The summed E-state index contributed by atoms with van der Waals surface area (Å²) in [6, 6.07) is 7.55. The number of para-hydroxylation sites is 1. The van der Waals surface area contributed by atoms with E-state index in [9.17, 15) is 9.59 Å². The van der Waals surface area contributed by atoms with Gasteiger partial charge in [0.2, 0.25) is 0 Å². The molecule has 0 saturated heterocycles. The monoisotopic (exact) mass is 398 g/mol. The maximum atomic E-state index is 12.1. The van der Waals surface area contributed by atoms with Crippen LogP contribution in [0.25, 0.3) is 10.6 Å². The van der Waals surface area contributed by atoms with E-state index in [0.29, 0.717) is 23.7 Å². The summed E-state index contributed by atoms with van der Waals surface area (Å²) in [5.74, 6) is 0.977. The molecule has 0 aliphatic rings. The Labute approximate surface area is 157 Å². The van der Waals surface area contributed by atoms with Crippen molar-refractivity contribution in [2.24, 2.45) is 0 Å². The van der Waals surface area contributed by atoms with E-state index in [4.69, 9.17) is 9.84 Å². The number of benzene rings is 1. The molecular weight excluding hydrogens is 380 g/mol. The second kappa shape index (κ2) is 10.3. The van der Waals surface area contributed by atoms with Gasteiger partial charge in [0, 0.05) is 23.4 Å². The molecule has 0 saturated carbocycles. The first kappa shape index (κ1) is 19.6. The Balaban J connectivity index is 1.79. The second-order valence-electron chi connectivity index (χ2n) is 4.78.